The van der Waals surface area contributed by atoms with Crippen molar-refractivity contribution >= 4 is 17.8 Å². The second-order valence-corrected chi connectivity index (χ2v) is 8.17. The van der Waals surface area contributed by atoms with Crippen molar-refractivity contribution in [3.63, 3.8) is 0 Å². The Morgan fingerprint density at radius 1 is 1.15 bits per heavy atom. The summed E-state index contributed by atoms with van der Waals surface area (Å²) in [5, 5.41) is 0. The fraction of sp³-hybridized carbons (Fsp3) is 0.500. The lowest BCUT2D eigenvalue weighted by Gasteiger charge is -2.18. The van der Waals surface area contributed by atoms with E-state index in [2.05, 4.69) is 0 Å². The van der Waals surface area contributed by atoms with Gasteiger partial charge in [-0.25, -0.2) is 9.18 Å². The van der Waals surface area contributed by atoms with Crippen LogP contribution in [-0.2, 0) is 23.7 Å². The molecule has 1 aromatic carbocycles. The van der Waals surface area contributed by atoms with Gasteiger partial charge in [0.25, 0.3) is 0 Å². The van der Waals surface area contributed by atoms with Crippen molar-refractivity contribution in [1.29, 1.82) is 0 Å². The van der Waals surface area contributed by atoms with Crippen LogP contribution in [0.25, 0.3) is 6.08 Å². The van der Waals surface area contributed by atoms with E-state index in [1.807, 2.05) is 0 Å². The van der Waals surface area contributed by atoms with Gasteiger partial charge in [0.05, 0.1) is 13.2 Å². The first-order valence-corrected chi connectivity index (χ1v) is 10.6. The Hall–Kier alpha value is -2.75. The molecule has 0 bridgehead atoms. The summed E-state index contributed by atoms with van der Waals surface area (Å²) in [5.74, 6) is -1.80. The number of fused-ring (bicyclic) bond motifs is 2. The van der Waals surface area contributed by atoms with Crippen LogP contribution < -0.4 is 9.47 Å². The summed E-state index contributed by atoms with van der Waals surface area (Å²) in [6.45, 7) is 4.81. The minimum atomic E-state index is -1.93. The molecule has 33 heavy (non-hydrogen) atoms. The molecule has 8 nitrogen and oxygen atoms in total. The van der Waals surface area contributed by atoms with Crippen LogP contribution in [0.1, 0.15) is 43.1 Å². The van der Waals surface area contributed by atoms with Gasteiger partial charge in [-0.3, -0.25) is 4.79 Å². The number of hydrogen-bond donors (Lipinski definition) is 0. The van der Waals surface area contributed by atoms with Crippen LogP contribution in [0.3, 0.4) is 0 Å². The number of ether oxygens (including phenoxy) is 6. The van der Waals surface area contributed by atoms with E-state index in [-0.39, 0.29) is 24.5 Å². The number of carbonyl (C=O) groups excluding carboxylic acids is 2. The maximum Gasteiger partial charge on any atom is 0.343 e. The zero-order valence-electron chi connectivity index (χ0n) is 19.3. The van der Waals surface area contributed by atoms with Gasteiger partial charge < -0.3 is 28.4 Å². The Bertz CT molecular complexity index is 939. The molecule has 3 rings (SSSR count). The third kappa shape index (κ3) is 5.98. The third-order valence-electron chi connectivity index (χ3n) is 5.12. The van der Waals surface area contributed by atoms with Gasteiger partial charge in [0.1, 0.15) is 29.3 Å². The Labute approximate surface area is 192 Å². The summed E-state index contributed by atoms with van der Waals surface area (Å²) >= 11 is 0. The predicted molar refractivity (Wildman–Crippen MR) is 117 cm³/mol. The van der Waals surface area contributed by atoms with Crippen LogP contribution in [-0.4, -0.2) is 63.0 Å². The number of Topliss-reactive ketones (excluding diaryl/α,β-unsaturated/α-hetero) is 1. The standard InChI is InChI=1S/C24H29FO8/c1-14-9-10-17(25)21(26)22-18(32-24(2,3)33-22)8-6-7-15-11-16(29-5)12-19(30-13-28-4)20(15)23(27)31-14/h6-7,9-12,14,17-18,22H,8,13H2,1-5H3/t14?,17?,18-,22?/m0/s1. The molecule has 180 valence electrons. The van der Waals surface area contributed by atoms with Crippen LogP contribution in [0.2, 0.25) is 0 Å². The highest BCUT2D eigenvalue weighted by atomic mass is 19.1. The topological polar surface area (TPSA) is 89.5 Å². The summed E-state index contributed by atoms with van der Waals surface area (Å²) in [6, 6.07) is 3.22. The number of alkyl halides is 1. The van der Waals surface area contributed by atoms with Gasteiger partial charge in [-0.2, -0.15) is 0 Å². The number of methoxy groups -OCH3 is 2. The van der Waals surface area contributed by atoms with Gasteiger partial charge in [0.2, 0.25) is 5.78 Å². The maximum absolute atomic E-state index is 14.7. The molecule has 0 aromatic heterocycles. The van der Waals surface area contributed by atoms with Crippen molar-refractivity contribution in [1.82, 2.24) is 0 Å². The van der Waals surface area contributed by atoms with Gasteiger partial charge in [0, 0.05) is 13.2 Å². The van der Waals surface area contributed by atoms with Crippen molar-refractivity contribution < 1.29 is 42.4 Å². The number of cyclic esters (lactones) is 1. The smallest absolute Gasteiger partial charge is 0.343 e. The number of esters is 1. The summed E-state index contributed by atoms with van der Waals surface area (Å²) in [6.07, 6.45) is 1.51. The maximum atomic E-state index is 14.7. The monoisotopic (exact) mass is 464 g/mol. The fourth-order valence-electron chi connectivity index (χ4n) is 3.67. The number of carbonyl (C=O) groups is 2. The number of rotatable bonds is 4. The van der Waals surface area contributed by atoms with E-state index < -0.39 is 42.0 Å². The number of ketones is 1. The summed E-state index contributed by atoms with van der Waals surface area (Å²) < 4.78 is 47.6. The zero-order chi connectivity index (χ0) is 24.2. The molecule has 0 amide bonds. The van der Waals surface area contributed by atoms with Gasteiger partial charge >= 0.3 is 5.97 Å². The van der Waals surface area contributed by atoms with Crippen LogP contribution in [0, 0.1) is 0 Å². The van der Waals surface area contributed by atoms with Crippen molar-refractivity contribution in [2.75, 3.05) is 21.0 Å². The zero-order valence-corrected chi connectivity index (χ0v) is 19.3. The first kappa shape index (κ1) is 24.9. The lowest BCUT2D eigenvalue weighted by Crippen LogP contribution is -2.36. The molecule has 0 saturated carbocycles. The SMILES string of the molecule is COCOc1cc(OC)cc2c1C(=O)OC(C)C=CC(F)C(=O)C1OC(C)(C)O[C@H]1CC=C2. The van der Waals surface area contributed by atoms with Gasteiger partial charge in [-0.05, 0) is 51.0 Å². The lowest BCUT2D eigenvalue weighted by molar-refractivity contribution is -0.156. The molecule has 2 aliphatic rings. The normalized spacial score (nSPS) is 27.3. The molecule has 1 saturated heterocycles. The highest BCUT2D eigenvalue weighted by Crippen LogP contribution is 2.34. The predicted octanol–water partition coefficient (Wildman–Crippen LogP) is 3.62. The number of benzene rings is 1. The van der Waals surface area contributed by atoms with E-state index in [0.717, 1.165) is 6.08 Å². The van der Waals surface area contributed by atoms with Gasteiger partial charge in [-0.1, -0.05) is 12.2 Å². The van der Waals surface area contributed by atoms with Crippen molar-refractivity contribution in [2.45, 2.75) is 57.5 Å². The summed E-state index contributed by atoms with van der Waals surface area (Å²) in [4.78, 5) is 25.7. The molecule has 0 spiro atoms. The molecule has 1 fully saturated rings. The van der Waals surface area contributed by atoms with E-state index in [4.69, 9.17) is 28.4 Å². The molecule has 3 unspecified atom stereocenters. The number of halogens is 1. The van der Waals surface area contributed by atoms with Crippen LogP contribution >= 0.6 is 0 Å². The van der Waals surface area contributed by atoms with Crippen molar-refractivity contribution in [2.24, 2.45) is 0 Å². The first-order chi connectivity index (χ1) is 15.6. The van der Waals surface area contributed by atoms with Crippen molar-refractivity contribution in [3.05, 3.63) is 41.5 Å². The van der Waals surface area contributed by atoms with E-state index in [9.17, 15) is 14.0 Å². The second kappa shape index (κ2) is 10.5. The average Bonchev–Trinajstić information content (AvgIpc) is 3.08. The van der Waals surface area contributed by atoms with E-state index in [0.29, 0.717) is 11.3 Å². The minimum Gasteiger partial charge on any atom is -0.497 e. The highest BCUT2D eigenvalue weighted by molar-refractivity contribution is 5.97. The van der Waals surface area contributed by atoms with Gasteiger partial charge in [-0.15, -0.1) is 0 Å². The Kier molecular flexibility index (Phi) is 7.88. The Balaban J connectivity index is 2.06. The lowest BCUT2D eigenvalue weighted by atomic mass is 10.0. The van der Waals surface area contributed by atoms with E-state index in [1.165, 1.54) is 20.3 Å². The van der Waals surface area contributed by atoms with E-state index >= 15 is 0 Å². The average molecular weight is 464 g/mol. The molecule has 1 aromatic rings. The first-order valence-electron chi connectivity index (χ1n) is 10.6. The van der Waals surface area contributed by atoms with Crippen LogP contribution in [0.5, 0.6) is 11.5 Å². The van der Waals surface area contributed by atoms with Crippen LogP contribution in [0.15, 0.2) is 30.4 Å². The highest BCUT2D eigenvalue weighted by Gasteiger charge is 2.46. The van der Waals surface area contributed by atoms with Crippen molar-refractivity contribution in [3.8, 4) is 11.5 Å². The second-order valence-electron chi connectivity index (χ2n) is 8.17. The largest absolute Gasteiger partial charge is 0.497 e. The number of allylic oxidation sites excluding steroid dienone is 1. The Morgan fingerprint density at radius 3 is 2.61 bits per heavy atom. The molecular formula is C24H29FO8. The molecule has 4 atom stereocenters. The summed E-state index contributed by atoms with van der Waals surface area (Å²) in [7, 11) is 2.95. The van der Waals surface area contributed by atoms with Gasteiger partial charge in [0.15, 0.2) is 18.8 Å². The van der Waals surface area contributed by atoms with E-state index in [1.54, 1.807) is 45.1 Å². The van der Waals surface area contributed by atoms with Crippen LogP contribution in [0.4, 0.5) is 4.39 Å². The fourth-order valence-corrected chi connectivity index (χ4v) is 3.67. The molecule has 0 aliphatic carbocycles. The summed E-state index contributed by atoms with van der Waals surface area (Å²) in [5.41, 5.74) is 0.637. The number of hydrogen-bond acceptors (Lipinski definition) is 8. The molecule has 2 heterocycles. The molecule has 0 radical (unpaired) electrons. The molecule has 2 aliphatic heterocycles. The molecule has 0 N–H and O–H groups in total. The third-order valence-corrected chi connectivity index (χ3v) is 5.12. The molecular weight excluding hydrogens is 435 g/mol. The quantitative estimate of drug-likeness (QED) is 0.379. The molecule has 9 heteroatoms. The Morgan fingerprint density at radius 2 is 1.91 bits per heavy atom. The minimum absolute atomic E-state index is 0.0955.